The van der Waals surface area contributed by atoms with Crippen LogP contribution in [-0.2, 0) is 0 Å². The fraction of sp³-hybridized carbons (Fsp3) is 0.300. The first-order chi connectivity index (χ1) is 7.09. The van der Waals surface area contributed by atoms with E-state index in [0.717, 1.165) is 0 Å². The minimum atomic E-state index is -1.03. The number of benzene rings is 1. The highest BCUT2D eigenvalue weighted by Gasteiger charge is 2.26. The van der Waals surface area contributed by atoms with E-state index in [4.69, 9.17) is 10.8 Å². The van der Waals surface area contributed by atoms with Gasteiger partial charge in [-0.1, -0.05) is 0 Å². The molecule has 0 aromatic heterocycles. The third-order valence-electron chi connectivity index (χ3n) is 2.57. The van der Waals surface area contributed by atoms with E-state index in [1.54, 1.807) is 0 Å². The van der Waals surface area contributed by atoms with Crippen molar-refractivity contribution >= 4 is 11.8 Å². The molecule has 0 fully saturated rings. The van der Waals surface area contributed by atoms with Crippen molar-refractivity contribution in [1.29, 1.82) is 0 Å². The summed E-state index contributed by atoms with van der Waals surface area (Å²) in [6.45, 7) is 0.356. The number of hydrogen-bond donors (Lipinski definition) is 2. The Balaban J connectivity index is 2.50. The molecule has 3 N–H and O–H groups in total. The number of nitrogens with two attached hydrogens (primary N) is 1. The molecule has 0 radical (unpaired) electrons. The molecule has 5 heteroatoms. The fourth-order valence-corrected chi connectivity index (χ4v) is 1.81. The van der Waals surface area contributed by atoms with Gasteiger partial charge < -0.3 is 10.8 Å². The number of fused-ring (bicyclic) bond motifs is 1. The monoisotopic (exact) mass is 210 g/mol. The molecule has 0 bridgehead atoms. The Kier molecular flexibility index (Phi) is 2.32. The molecular weight excluding hydrogens is 199 g/mol. The number of nitrogens with zero attached hydrogens (tertiary/aromatic N) is 1. The number of anilines is 1. The molecule has 0 spiro atoms. The summed E-state index contributed by atoms with van der Waals surface area (Å²) >= 11 is 0. The molecule has 15 heavy (non-hydrogen) atoms. The zero-order chi connectivity index (χ0) is 11.0. The summed E-state index contributed by atoms with van der Waals surface area (Å²) in [5.74, 6) is -0.392. The van der Waals surface area contributed by atoms with Crippen LogP contribution in [0.25, 0.3) is 0 Å². The molecule has 1 aliphatic heterocycles. The summed E-state index contributed by atoms with van der Waals surface area (Å²) in [5.41, 5.74) is 6.84. The molecule has 4 nitrogen and oxygen atoms in total. The molecule has 1 aliphatic rings. The molecule has 1 aromatic carbocycles. The molecule has 0 saturated carbocycles. The highest BCUT2D eigenvalue weighted by atomic mass is 19.1. The maximum absolute atomic E-state index is 13.0. The summed E-state index contributed by atoms with van der Waals surface area (Å²) in [5, 5.41) is 8.93. The van der Waals surface area contributed by atoms with Gasteiger partial charge >= 0.3 is 6.09 Å². The van der Waals surface area contributed by atoms with E-state index in [0.29, 0.717) is 24.2 Å². The number of halogens is 1. The molecule has 0 aliphatic carbocycles. The number of carboxylic acid groups (broad SMARTS) is 1. The van der Waals surface area contributed by atoms with Crippen molar-refractivity contribution in [3.05, 3.63) is 29.6 Å². The minimum absolute atomic E-state index is 0.286. The van der Waals surface area contributed by atoms with E-state index in [1.165, 1.54) is 23.1 Å². The van der Waals surface area contributed by atoms with Gasteiger partial charge in [0.25, 0.3) is 0 Å². The summed E-state index contributed by atoms with van der Waals surface area (Å²) in [6.07, 6.45) is -0.516. The molecular formula is C10H11FN2O2. The largest absolute Gasteiger partial charge is 0.465 e. The van der Waals surface area contributed by atoms with Crippen molar-refractivity contribution in [1.82, 2.24) is 0 Å². The van der Waals surface area contributed by atoms with E-state index in [2.05, 4.69) is 0 Å². The third-order valence-corrected chi connectivity index (χ3v) is 2.57. The summed E-state index contributed by atoms with van der Waals surface area (Å²) in [7, 11) is 0. The first-order valence-corrected chi connectivity index (χ1v) is 4.65. The van der Waals surface area contributed by atoms with Gasteiger partial charge in [0.15, 0.2) is 0 Å². The van der Waals surface area contributed by atoms with Crippen molar-refractivity contribution in [2.45, 2.75) is 12.5 Å². The van der Waals surface area contributed by atoms with Crippen molar-refractivity contribution in [2.24, 2.45) is 5.73 Å². The van der Waals surface area contributed by atoms with Crippen molar-refractivity contribution in [3.8, 4) is 0 Å². The van der Waals surface area contributed by atoms with Crippen LogP contribution in [0.2, 0.25) is 0 Å². The average Bonchev–Trinajstić information content (AvgIpc) is 2.19. The van der Waals surface area contributed by atoms with Gasteiger partial charge in [-0.25, -0.2) is 9.18 Å². The second kappa shape index (κ2) is 3.51. The van der Waals surface area contributed by atoms with Crippen LogP contribution >= 0.6 is 0 Å². The van der Waals surface area contributed by atoms with Crippen LogP contribution in [0.1, 0.15) is 18.0 Å². The fourth-order valence-electron chi connectivity index (χ4n) is 1.81. The SMILES string of the molecule is NC1CCN(C(=O)O)c2ccc(F)cc21. The molecule has 1 unspecified atom stereocenters. The molecule has 1 amide bonds. The van der Waals surface area contributed by atoms with Crippen LogP contribution in [0, 0.1) is 5.82 Å². The van der Waals surface area contributed by atoms with Crippen molar-refractivity contribution < 1.29 is 14.3 Å². The van der Waals surface area contributed by atoms with Crippen LogP contribution in [0.3, 0.4) is 0 Å². The van der Waals surface area contributed by atoms with E-state index in [1.807, 2.05) is 0 Å². The molecule has 2 rings (SSSR count). The number of rotatable bonds is 0. The summed E-state index contributed by atoms with van der Waals surface area (Å²) < 4.78 is 13.0. The van der Waals surface area contributed by atoms with Gasteiger partial charge in [-0.2, -0.15) is 0 Å². The van der Waals surface area contributed by atoms with E-state index in [-0.39, 0.29) is 6.04 Å². The van der Waals surface area contributed by atoms with Gasteiger partial charge in [0.05, 0.1) is 5.69 Å². The maximum atomic E-state index is 13.0. The summed E-state index contributed by atoms with van der Waals surface area (Å²) in [6, 6.07) is 3.71. The number of hydrogen-bond acceptors (Lipinski definition) is 2. The Labute approximate surface area is 86.1 Å². The molecule has 0 saturated heterocycles. The first-order valence-electron chi connectivity index (χ1n) is 4.65. The van der Waals surface area contributed by atoms with Crippen LogP contribution in [0.15, 0.2) is 18.2 Å². The van der Waals surface area contributed by atoms with Crippen molar-refractivity contribution in [2.75, 3.05) is 11.4 Å². The van der Waals surface area contributed by atoms with Crippen molar-refractivity contribution in [3.63, 3.8) is 0 Å². The van der Waals surface area contributed by atoms with Crippen LogP contribution in [0.5, 0.6) is 0 Å². The zero-order valence-electron chi connectivity index (χ0n) is 7.98. The van der Waals surface area contributed by atoms with Gasteiger partial charge in [-0.15, -0.1) is 0 Å². The van der Waals surface area contributed by atoms with Gasteiger partial charge in [-0.05, 0) is 30.2 Å². The number of amides is 1. The Morgan fingerprint density at radius 3 is 3.00 bits per heavy atom. The third kappa shape index (κ3) is 1.66. The van der Waals surface area contributed by atoms with Gasteiger partial charge in [0.2, 0.25) is 0 Å². The van der Waals surface area contributed by atoms with Gasteiger partial charge in [-0.3, -0.25) is 4.90 Å². The maximum Gasteiger partial charge on any atom is 0.411 e. The second-order valence-corrected chi connectivity index (χ2v) is 3.53. The van der Waals surface area contributed by atoms with Crippen LogP contribution in [0.4, 0.5) is 14.9 Å². The van der Waals surface area contributed by atoms with Crippen LogP contribution < -0.4 is 10.6 Å². The number of carbonyl (C=O) groups is 1. The van der Waals surface area contributed by atoms with E-state index < -0.39 is 11.9 Å². The van der Waals surface area contributed by atoms with E-state index >= 15 is 0 Å². The van der Waals surface area contributed by atoms with E-state index in [9.17, 15) is 9.18 Å². The standard InChI is InChI=1S/C10H11FN2O2/c11-6-1-2-9-7(5-6)8(12)3-4-13(9)10(14)15/h1-2,5,8H,3-4,12H2,(H,14,15). The highest BCUT2D eigenvalue weighted by molar-refractivity contribution is 5.87. The quantitative estimate of drug-likeness (QED) is 0.685. The molecule has 1 aromatic rings. The lowest BCUT2D eigenvalue weighted by molar-refractivity contribution is 0.201. The zero-order valence-corrected chi connectivity index (χ0v) is 7.98. The molecule has 1 heterocycles. The highest BCUT2D eigenvalue weighted by Crippen LogP contribution is 2.32. The Morgan fingerprint density at radius 2 is 2.33 bits per heavy atom. The Hall–Kier alpha value is -1.62. The van der Waals surface area contributed by atoms with Gasteiger partial charge in [0, 0.05) is 12.6 Å². The Morgan fingerprint density at radius 1 is 1.60 bits per heavy atom. The van der Waals surface area contributed by atoms with Gasteiger partial charge in [0.1, 0.15) is 5.82 Å². The molecule has 80 valence electrons. The lowest BCUT2D eigenvalue weighted by Crippen LogP contribution is -2.37. The average molecular weight is 210 g/mol. The lowest BCUT2D eigenvalue weighted by Gasteiger charge is -2.30. The van der Waals surface area contributed by atoms with Crippen LogP contribution in [-0.4, -0.2) is 17.7 Å². The second-order valence-electron chi connectivity index (χ2n) is 3.53. The normalized spacial score (nSPS) is 19.9. The lowest BCUT2D eigenvalue weighted by atomic mass is 9.97. The predicted molar refractivity (Wildman–Crippen MR) is 53.3 cm³/mol. The summed E-state index contributed by atoms with van der Waals surface area (Å²) in [4.78, 5) is 12.1. The smallest absolute Gasteiger partial charge is 0.411 e. The molecule has 1 atom stereocenters. The Bertz CT molecular complexity index is 408. The first kappa shape index (κ1) is 9.92. The minimum Gasteiger partial charge on any atom is -0.465 e. The topological polar surface area (TPSA) is 66.6 Å². The predicted octanol–water partition coefficient (Wildman–Crippen LogP) is 1.71.